The van der Waals surface area contributed by atoms with Crippen LogP contribution in [0.2, 0.25) is 0 Å². The summed E-state index contributed by atoms with van der Waals surface area (Å²) in [6.07, 6.45) is 0. The average Bonchev–Trinajstić information content (AvgIpc) is 2.87. The van der Waals surface area contributed by atoms with Crippen molar-refractivity contribution in [1.82, 2.24) is 10.3 Å². The number of carbonyl (C=O) groups excluding carboxylic acids is 1. The van der Waals surface area contributed by atoms with Crippen molar-refractivity contribution in [3.63, 3.8) is 0 Å². The van der Waals surface area contributed by atoms with Crippen molar-refractivity contribution >= 4 is 38.4 Å². The van der Waals surface area contributed by atoms with E-state index in [0.29, 0.717) is 5.92 Å². The van der Waals surface area contributed by atoms with Crippen molar-refractivity contribution in [2.45, 2.75) is 26.8 Å². The molecule has 3 rings (SSSR count). The molecular formula is C17H18N2OS. The van der Waals surface area contributed by atoms with Crippen molar-refractivity contribution in [1.29, 1.82) is 0 Å². The van der Waals surface area contributed by atoms with Crippen LogP contribution in [0.3, 0.4) is 0 Å². The molecule has 0 aliphatic rings. The molecule has 0 bridgehead atoms. The number of benzene rings is 1. The van der Waals surface area contributed by atoms with Crippen LogP contribution in [0.25, 0.3) is 21.1 Å². The first-order valence-corrected chi connectivity index (χ1v) is 7.96. The second-order valence-corrected chi connectivity index (χ2v) is 6.72. The van der Waals surface area contributed by atoms with E-state index in [1.54, 1.807) is 0 Å². The standard InChI is InChI=1S/C17H18N2OS/c1-10(2)11(3)18-16(20)15-9-13-8-12-6-4-5-7-14(12)19-17(13)21-15/h4-11H,1-3H3,(H,18,20). The molecule has 0 saturated carbocycles. The number of hydrogen-bond donors (Lipinski definition) is 1. The Balaban J connectivity index is 1.97. The van der Waals surface area contributed by atoms with Crippen molar-refractivity contribution < 1.29 is 4.79 Å². The Morgan fingerprint density at radius 1 is 1.14 bits per heavy atom. The van der Waals surface area contributed by atoms with Gasteiger partial charge in [-0.2, -0.15) is 0 Å². The Hall–Kier alpha value is -1.94. The number of aromatic nitrogens is 1. The maximum atomic E-state index is 12.3. The van der Waals surface area contributed by atoms with Crippen LogP contribution in [0.15, 0.2) is 36.4 Å². The molecule has 0 saturated heterocycles. The molecular weight excluding hydrogens is 280 g/mol. The van der Waals surface area contributed by atoms with Crippen LogP contribution < -0.4 is 5.32 Å². The Morgan fingerprint density at radius 3 is 2.67 bits per heavy atom. The van der Waals surface area contributed by atoms with E-state index >= 15 is 0 Å². The third kappa shape index (κ3) is 2.76. The quantitative estimate of drug-likeness (QED) is 0.786. The smallest absolute Gasteiger partial charge is 0.261 e. The van der Waals surface area contributed by atoms with Gasteiger partial charge in [-0.05, 0) is 31.0 Å². The summed E-state index contributed by atoms with van der Waals surface area (Å²) < 4.78 is 0. The molecule has 108 valence electrons. The fraction of sp³-hybridized carbons (Fsp3) is 0.294. The van der Waals surface area contributed by atoms with Gasteiger partial charge in [-0.3, -0.25) is 4.79 Å². The Kier molecular flexibility index (Phi) is 3.64. The second kappa shape index (κ2) is 5.45. The van der Waals surface area contributed by atoms with Gasteiger partial charge in [-0.15, -0.1) is 11.3 Å². The molecule has 21 heavy (non-hydrogen) atoms. The Morgan fingerprint density at radius 2 is 1.90 bits per heavy atom. The monoisotopic (exact) mass is 298 g/mol. The minimum absolute atomic E-state index is 0.0109. The molecule has 4 heteroatoms. The summed E-state index contributed by atoms with van der Waals surface area (Å²) in [5, 5.41) is 5.17. The number of thiophene rings is 1. The second-order valence-electron chi connectivity index (χ2n) is 5.69. The van der Waals surface area contributed by atoms with Crippen molar-refractivity contribution in [2.24, 2.45) is 5.92 Å². The summed E-state index contributed by atoms with van der Waals surface area (Å²) in [5.74, 6) is 0.410. The topological polar surface area (TPSA) is 42.0 Å². The summed E-state index contributed by atoms with van der Waals surface area (Å²) in [5.41, 5.74) is 0.967. The molecule has 1 unspecified atom stereocenters. The van der Waals surface area contributed by atoms with Crippen molar-refractivity contribution in [3.05, 3.63) is 41.3 Å². The molecule has 1 aromatic carbocycles. The predicted molar refractivity (Wildman–Crippen MR) is 88.9 cm³/mol. The van der Waals surface area contributed by atoms with Gasteiger partial charge in [0, 0.05) is 16.8 Å². The molecule has 0 aliphatic heterocycles. The first-order valence-electron chi connectivity index (χ1n) is 7.15. The van der Waals surface area contributed by atoms with Crippen LogP contribution in [0, 0.1) is 5.92 Å². The number of para-hydroxylation sites is 1. The number of rotatable bonds is 3. The highest BCUT2D eigenvalue weighted by molar-refractivity contribution is 7.20. The first-order chi connectivity index (χ1) is 10.0. The fourth-order valence-corrected chi connectivity index (χ4v) is 3.06. The van der Waals surface area contributed by atoms with Gasteiger partial charge in [0.15, 0.2) is 0 Å². The molecule has 1 N–H and O–H groups in total. The van der Waals surface area contributed by atoms with Crippen LogP contribution in [0.5, 0.6) is 0 Å². The number of carbonyl (C=O) groups is 1. The van der Waals surface area contributed by atoms with E-state index in [9.17, 15) is 4.79 Å². The third-order valence-electron chi connectivity index (χ3n) is 3.79. The van der Waals surface area contributed by atoms with E-state index < -0.39 is 0 Å². The molecule has 0 fully saturated rings. The maximum Gasteiger partial charge on any atom is 0.261 e. The highest BCUT2D eigenvalue weighted by Gasteiger charge is 2.15. The molecule has 1 atom stereocenters. The van der Waals surface area contributed by atoms with Crippen LogP contribution in [0.1, 0.15) is 30.4 Å². The summed E-state index contributed by atoms with van der Waals surface area (Å²) in [4.78, 5) is 18.6. The Labute approximate surface area is 128 Å². The molecule has 3 aromatic rings. The third-order valence-corrected chi connectivity index (χ3v) is 4.84. The molecule has 1 amide bonds. The summed E-state index contributed by atoms with van der Waals surface area (Å²) in [7, 11) is 0. The lowest BCUT2D eigenvalue weighted by molar-refractivity contribution is 0.0934. The van der Waals surface area contributed by atoms with E-state index in [-0.39, 0.29) is 11.9 Å². The lowest BCUT2D eigenvalue weighted by Crippen LogP contribution is -2.35. The molecule has 3 nitrogen and oxygen atoms in total. The van der Waals surface area contributed by atoms with Crippen molar-refractivity contribution in [2.75, 3.05) is 0 Å². The molecule has 2 heterocycles. The number of hydrogen-bond acceptors (Lipinski definition) is 3. The lowest BCUT2D eigenvalue weighted by atomic mass is 10.1. The fourth-order valence-electron chi connectivity index (χ4n) is 2.13. The average molecular weight is 298 g/mol. The van der Waals surface area contributed by atoms with E-state index in [1.807, 2.05) is 37.3 Å². The number of amides is 1. The Bertz CT molecular complexity index is 754. The van der Waals surface area contributed by atoms with Crippen molar-refractivity contribution in [3.8, 4) is 0 Å². The number of nitrogens with zero attached hydrogens (tertiary/aromatic N) is 1. The summed E-state index contributed by atoms with van der Waals surface area (Å²) in [6.45, 7) is 6.23. The van der Waals surface area contributed by atoms with E-state index in [4.69, 9.17) is 0 Å². The molecule has 0 aliphatic carbocycles. The number of nitrogens with one attached hydrogen (secondary N) is 1. The minimum Gasteiger partial charge on any atom is -0.349 e. The van der Waals surface area contributed by atoms with Gasteiger partial charge < -0.3 is 5.32 Å². The van der Waals surface area contributed by atoms with Gasteiger partial charge in [0.2, 0.25) is 0 Å². The van der Waals surface area contributed by atoms with Gasteiger partial charge in [0.25, 0.3) is 5.91 Å². The number of fused-ring (bicyclic) bond motifs is 2. The van der Waals surface area contributed by atoms with Crippen LogP contribution in [-0.4, -0.2) is 16.9 Å². The zero-order valence-corrected chi connectivity index (χ0v) is 13.2. The van der Waals surface area contributed by atoms with E-state index in [2.05, 4.69) is 30.2 Å². The van der Waals surface area contributed by atoms with Crippen LogP contribution in [-0.2, 0) is 0 Å². The van der Waals surface area contributed by atoms with Crippen LogP contribution in [0.4, 0.5) is 0 Å². The molecule has 0 radical (unpaired) electrons. The molecule has 2 aromatic heterocycles. The van der Waals surface area contributed by atoms with Gasteiger partial charge in [0.1, 0.15) is 4.83 Å². The predicted octanol–water partition coefficient (Wildman–Crippen LogP) is 4.22. The SMILES string of the molecule is CC(C)C(C)NC(=O)c1cc2cc3ccccc3nc2s1. The maximum absolute atomic E-state index is 12.3. The van der Waals surface area contributed by atoms with Crippen LogP contribution >= 0.6 is 11.3 Å². The summed E-state index contributed by atoms with van der Waals surface area (Å²) >= 11 is 1.45. The largest absolute Gasteiger partial charge is 0.349 e. The summed E-state index contributed by atoms with van der Waals surface area (Å²) in [6, 6.07) is 12.2. The highest BCUT2D eigenvalue weighted by Crippen LogP contribution is 2.27. The zero-order valence-electron chi connectivity index (χ0n) is 12.4. The zero-order chi connectivity index (χ0) is 15.0. The minimum atomic E-state index is -0.0109. The normalized spacial score (nSPS) is 13.0. The number of pyridine rings is 1. The van der Waals surface area contributed by atoms with Gasteiger partial charge in [-0.1, -0.05) is 32.0 Å². The lowest BCUT2D eigenvalue weighted by Gasteiger charge is -2.16. The highest BCUT2D eigenvalue weighted by atomic mass is 32.1. The van der Waals surface area contributed by atoms with Gasteiger partial charge >= 0.3 is 0 Å². The van der Waals surface area contributed by atoms with E-state index in [0.717, 1.165) is 26.0 Å². The molecule has 0 spiro atoms. The van der Waals surface area contributed by atoms with Gasteiger partial charge in [0.05, 0.1) is 10.4 Å². The first kappa shape index (κ1) is 14.0. The van der Waals surface area contributed by atoms with Gasteiger partial charge in [-0.25, -0.2) is 4.98 Å². The van der Waals surface area contributed by atoms with E-state index in [1.165, 1.54) is 11.3 Å².